The monoisotopic (exact) mass is 278 g/mol. The number of nitrogens with zero attached hydrogens (tertiary/aromatic N) is 4. The Bertz CT molecular complexity index is 457. The number of rotatable bonds is 3. The minimum absolute atomic E-state index is 0.465. The van der Waals surface area contributed by atoms with Gasteiger partial charge in [0.15, 0.2) is 5.82 Å². The number of aromatic nitrogens is 3. The van der Waals surface area contributed by atoms with E-state index in [9.17, 15) is 5.11 Å². The Morgan fingerprint density at radius 3 is 2.85 bits per heavy atom. The van der Waals surface area contributed by atoms with Crippen LogP contribution < -0.4 is 0 Å². The fourth-order valence-corrected chi connectivity index (χ4v) is 3.60. The smallest absolute Gasteiger partial charge is 0.152 e. The average molecular weight is 278 g/mol. The van der Waals surface area contributed by atoms with E-state index in [4.69, 9.17) is 0 Å². The lowest BCUT2D eigenvalue weighted by Gasteiger charge is -2.38. The molecular formula is C15H26N4O. The normalized spacial score (nSPS) is 27.8. The summed E-state index contributed by atoms with van der Waals surface area (Å²) in [4.78, 5) is 7.24. The molecule has 20 heavy (non-hydrogen) atoms. The van der Waals surface area contributed by atoms with Gasteiger partial charge in [0.1, 0.15) is 12.1 Å². The van der Waals surface area contributed by atoms with Crippen molar-refractivity contribution in [3.05, 3.63) is 11.6 Å². The molecule has 1 aromatic heterocycles. The molecule has 0 saturated carbocycles. The molecule has 2 aliphatic heterocycles. The van der Waals surface area contributed by atoms with Crippen molar-refractivity contribution in [1.82, 2.24) is 19.7 Å². The van der Waals surface area contributed by atoms with Gasteiger partial charge in [-0.05, 0) is 46.1 Å². The largest absolute Gasteiger partial charge is 0.372 e. The zero-order valence-electron chi connectivity index (χ0n) is 12.6. The lowest BCUT2D eigenvalue weighted by atomic mass is 9.97. The van der Waals surface area contributed by atoms with E-state index in [0.29, 0.717) is 12.1 Å². The number of aryl methyl sites for hydroxylation is 1. The number of aliphatic hydroxyl groups is 1. The fraction of sp³-hybridized carbons (Fsp3) is 0.867. The van der Waals surface area contributed by atoms with E-state index in [-0.39, 0.29) is 0 Å². The second-order valence-electron chi connectivity index (χ2n) is 6.45. The molecule has 2 aliphatic rings. The summed E-state index contributed by atoms with van der Waals surface area (Å²) in [6.45, 7) is 5.74. The van der Waals surface area contributed by atoms with Crippen molar-refractivity contribution < 1.29 is 5.11 Å². The highest BCUT2D eigenvalue weighted by molar-refractivity contribution is 5.00. The van der Waals surface area contributed by atoms with Crippen molar-refractivity contribution in [2.45, 2.75) is 77.1 Å². The third-order valence-electron chi connectivity index (χ3n) is 4.64. The van der Waals surface area contributed by atoms with Crippen LogP contribution >= 0.6 is 0 Å². The van der Waals surface area contributed by atoms with Gasteiger partial charge >= 0.3 is 0 Å². The zero-order valence-corrected chi connectivity index (χ0v) is 12.6. The molecule has 0 bridgehead atoms. The summed E-state index contributed by atoms with van der Waals surface area (Å²) in [7, 11) is 0. The quantitative estimate of drug-likeness (QED) is 0.917. The summed E-state index contributed by atoms with van der Waals surface area (Å²) in [6, 6.07) is 1.15. The molecule has 0 spiro atoms. The predicted octanol–water partition coefficient (Wildman–Crippen LogP) is 1.91. The highest BCUT2D eigenvalue weighted by Crippen LogP contribution is 2.24. The van der Waals surface area contributed by atoms with Gasteiger partial charge in [-0.15, -0.1) is 0 Å². The van der Waals surface area contributed by atoms with Gasteiger partial charge in [0.2, 0.25) is 0 Å². The Morgan fingerprint density at radius 1 is 1.25 bits per heavy atom. The Kier molecular flexibility index (Phi) is 4.08. The van der Waals surface area contributed by atoms with Crippen molar-refractivity contribution in [3.8, 4) is 0 Å². The number of likely N-dealkylation sites (tertiary alicyclic amines) is 1. The van der Waals surface area contributed by atoms with E-state index >= 15 is 0 Å². The highest BCUT2D eigenvalue weighted by Gasteiger charge is 2.27. The molecule has 2 atom stereocenters. The zero-order chi connectivity index (χ0) is 14.1. The van der Waals surface area contributed by atoms with Crippen LogP contribution in [-0.2, 0) is 12.8 Å². The topological polar surface area (TPSA) is 54.2 Å². The van der Waals surface area contributed by atoms with Crippen molar-refractivity contribution in [2.24, 2.45) is 0 Å². The van der Waals surface area contributed by atoms with Crippen LogP contribution in [0.1, 0.15) is 63.8 Å². The molecule has 1 saturated heterocycles. The van der Waals surface area contributed by atoms with Gasteiger partial charge in [-0.2, -0.15) is 5.10 Å². The summed E-state index contributed by atoms with van der Waals surface area (Å²) >= 11 is 0. The van der Waals surface area contributed by atoms with Gasteiger partial charge in [-0.25, -0.2) is 9.67 Å². The Hall–Kier alpha value is -0.940. The van der Waals surface area contributed by atoms with Crippen LogP contribution in [0, 0.1) is 0 Å². The van der Waals surface area contributed by atoms with Crippen molar-refractivity contribution >= 4 is 0 Å². The SMILES string of the molecule is CC(C)N1CCCCC1Cc1nc2n(n1)C(O)CCC2. The van der Waals surface area contributed by atoms with E-state index in [1.807, 2.05) is 0 Å². The molecule has 2 unspecified atom stereocenters. The Labute approximate surface area is 121 Å². The van der Waals surface area contributed by atoms with E-state index in [1.165, 1.54) is 25.8 Å². The molecule has 5 heteroatoms. The lowest BCUT2D eigenvalue weighted by molar-refractivity contribution is 0.0639. The number of fused-ring (bicyclic) bond motifs is 1. The predicted molar refractivity (Wildman–Crippen MR) is 77.4 cm³/mol. The molecular weight excluding hydrogens is 252 g/mol. The fourth-order valence-electron chi connectivity index (χ4n) is 3.60. The minimum atomic E-state index is -0.465. The van der Waals surface area contributed by atoms with Crippen molar-refractivity contribution in [2.75, 3.05) is 6.54 Å². The first-order chi connectivity index (χ1) is 9.65. The molecule has 0 aliphatic carbocycles. The van der Waals surface area contributed by atoms with Gasteiger partial charge < -0.3 is 5.11 Å². The third kappa shape index (κ3) is 2.74. The van der Waals surface area contributed by atoms with Crippen LogP contribution in [0.4, 0.5) is 0 Å². The highest BCUT2D eigenvalue weighted by atomic mass is 16.3. The molecule has 0 radical (unpaired) electrons. The lowest BCUT2D eigenvalue weighted by Crippen LogP contribution is -2.45. The maximum Gasteiger partial charge on any atom is 0.152 e. The van der Waals surface area contributed by atoms with Crippen molar-refractivity contribution in [3.63, 3.8) is 0 Å². The first-order valence-electron chi connectivity index (χ1n) is 8.03. The van der Waals surface area contributed by atoms with Crippen LogP contribution in [0.25, 0.3) is 0 Å². The minimum Gasteiger partial charge on any atom is -0.372 e. The van der Waals surface area contributed by atoms with Gasteiger partial charge in [0.25, 0.3) is 0 Å². The number of aliphatic hydroxyl groups excluding tert-OH is 1. The molecule has 3 rings (SSSR count). The number of piperidine rings is 1. The van der Waals surface area contributed by atoms with Gasteiger partial charge in [0, 0.05) is 24.9 Å². The first-order valence-corrected chi connectivity index (χ1v) is 8.03. The second kappa shape index (κ2) is 5.82. The molecule has 3 heterocycles. The summed E-state index contributed by atoms with van der Waals surface area (Å²) in [6.07, 6.45) is 7.08. The summed E-state index contributed by atoms with van der Waals surface area (Å²) in [5, 5.41) is 14.5. The number of hydrogen-bond donors (Lipinski definition) is 1. The summed E-state index contributed by atoms with van der Waals surface area (Å²) in [5.41, 5.74) is 0. The molecule has 0 aromatic carbocycles. The van der Waals surface area contributed by atoms with E-state index in [1.54, 1.807) is 4.68 Å². The van der Waals surface area contributed by atoms with Crippen LogP contribution in [0.15, 0.2) is 0 Å². The molecule has 112 valence electrons. The Balaban J connectivity index is 1.73. The molecule has 0 amide bonds. The first kappa shape index (κ1) is 14.0. The summed E-state index contributed by atoms with van der Waals surface area (Å²) in [5.74, 6) is 1.88. The maximum atomic E-state index is 9.97. The van der Waals surface area contributed by atoms with Crippen LogP contribution in [0.3, 0.4) is 0 Å². The maximum absolute atomic E-state index is 9.97. The average Bonchev–Trinajstić information content (AvgIpc) is 2.83. The Morgan fingerprint density at radius 2 is 2.10 bits per heavy atom. The molecule has 5 nitrogen and oxygen atoms in total. The van der Waals surface area contributed by atoms with Crippen LogP contribution in [0.5, 0.6) is 0 Å². The van der Waals surface area contributed by atoms with Crippen LogP contribution in [0.2, 0.25) is 0 Å². The number of hydrogen-bond acceptors (Lipinski definition) is 4. The second-order valence-corrected chi connectivity index (χ2v) is 6.45. The molecule has 1 aromatic rings. The van der Waals surface area contributed by atoms with Crippen molar-refractivity contribution in [1.29, 1.82) is 0 Å². The van der Waals surface area contributed by atoms with Gasteiger partial charge in [0.05, 0.1) is 0 Å². The van der Waals surface area contributed by atoms with E-state index < -0.39 is 6.23 Å². The van der Waals surface area contributed by atoms with Gasteiger partial charge in [-0.3, -0.25) is 4.90 Å². The summed E-state index contributed by atoms with van der Waals surface area (Å²) < 4.78 is 1.74. The molecule has 1 fully saturated rings. The molecule has 1 N–H and O–H groups in total. The van der Waals surface area contributed by atoms with Gasteiger partial charge in [-0.1, -0.05) is 6.42 Å². The van der Waals surface area contributed by atoms with E-state index in [2.05, 4.69) is 28.8 Å². The third-order valence-corrected chi connectivity index (χ3v) is 4.64. The standard InChI is InChI=1S/C15H26N4O/c1-11(2)18-9-4-3-6-12(18)10-13-16-14-7-5-8-15(20)19(14)17-13/h11-12,15,20H,3-10H2,1-2H3. The van der Waals surface area contributed by atoms with Crippen LogP contribution in [-0.4, -0.2) is 43.4 Å². The van der Waals surface area contributed by atoms with E-state index in [0.717, 1.165) is 37.3 Å².